The van der Waals surface area contributed by atoms with Gasteiger partial charge in [0.25, 0.3) is 5.92 Å². The molecule has 0 fully saturated rings. The number of carbonyl (C=O) groups excluding carboxylic acids is 2. The number of rotatable bonds is 13. The van der Waals surface area contributed by atoms with E-state index < -0.39 is 30.3 Å². The molecule has 0 radical (unpaired) electrons. The number of nitrogens with zero attached hydrogens (tertiary/aromatic N) is 1. The molecule has 0 spiro atoms. The summed E-state index contributed by atoms with van der Waals surface area (Å²) in [6, 6.07) is 8.55. The van der Waals surface area contributed by atoms with Crippen molar-refractivity contribution in [1.82, 2.24) is 21.0 Å². The third kappa shape index (κ3) is 7.52. The Morgan fingerprint density at radius 2 is 2.00 bits per heavy atom. The summed E-state index contributed by atoms with van der Waals surface area (Å²) in [4.78, 5) is 24.9. The normalized spacial score (nSPS) is 14.2. The number of aromatic amines is 1. The molecule has 0 aliphatic heterocycles. The van der Waals surface area contributed by atoms with Gasteiger partial charge in [-0.1, -0.05) is 31.2 Å². The van der Waals surface area contributed by atoms with Crippen molar-refractivity contribution in [3.63, 3.8) is 0 Å². The summed E-state index contributed by atoms with van der Waals surface area (Å²) < 4.78 is 39.2. The molecule has 2 aromatic rings. The van der Waals surface area contributed by atoms with Crippen molar-refractivity contribution in [3.05, 3.63) is 47.7 Å². The van der Waals surface area contributed by atoms with Gasteiger partial charge in [-0.25, -0.2) is 14.2 Å². The maximum atomic E-state index is 14.6. The SMILES string of the molecule is CCOC(=O)C(C)Cc1cccc(C(C)(CCC(F)(F)COc2cc[nH]n2)C(=O)NNC)c1. The van der Waals surface area contributed by atoms with Crippen LogP contribution in [-0.2, 0) is 26.2 Å². The minimum absolute atomic E-state index is 0.0776. The first kappa shape index (κ1) is 26.2. The monoisotopic (exact) mass is 466 g/mol. The van der Waals surface area contributed by atoms with Gasteiger partial charge in [0.2, 0.25) is 11.8 Å². The zero-order valence-corrected chi connectivity index (χ0v) is 19.4. The predicted molar refractivity (Wildman–Crippen MR) is 119 cm³/mol. The van der Waals surface area contributed by atoms with Gasteiger partial charge in [0.05, 0.1) is 17.9 Å². The summed E-state index contributed by atoms with van der Waals surface area (Å²) in [7, 11) is 1.53. The van der Waals surface area contributed by atoms with Crippen LogP contribution in [0, 0.1) is 5.92 Å². The lowest BCUT2D eigenvalue weighted by molar-refractivity contribution is -0.147. The second kappa shape index (κ2) is 11.7. The highest BCUT2D eigenvalue weighted by Gasteiger charge is 2.40. The molecule has 2 atom stereocenters. The van der Waals surface area contributed by atoms with Gasteiger partial charge in [-0.3, -0.25) is 20.1 Å². The zero-order chi connectivity index (χ0) is 24.5. The first-order valence-corrected chi connectivity index (χ1v) is 10.8. The van der Waals surface area contributed by atoms with E-state index in [1.54, 1.807) is 39.0 Å². The van der Waals surface area contributed by atoms with Crippen molar-refractivity contribution >= 4 is 11.9 Å². The van der Waals surface area contributed by atoms with Crippen LogP contribution in [0.15, 0.2) is 36.5 Å². The predicted octanol–water partition coefficient (Wildman–Crippen LogP) is 3.15. The Balaban J connectivity index is 2.18. The molecular weight excluding hydrogens is 434 g/mol. The molecule has 2 rings (SSSR count). The van der Waals surface area contributed by atoms with Crippen LogP contribution in [0.3, 0.4) is 0 Å². The van der Waals surface area contributed by atoms with E-state index in [-0.39, 0.29) is 24.2 Å². The van der Waals surface area contributed by atoms with Crippen molar-refractivity contribution in [2.45, 2.75) is 51.4 Å². The maximum absolute atomic E-state index is 14.6. The number of carbonyl (C=O) groups is 2. The first-order chi connectivity index (χ1) is 15.6. The Kier molecular flexibility index (Phi) is 9.33. The summed E-state index contributed by atoms with van der Waals surface area (Å²) in [5.41, 5.74) is 5.23. The number of H-pyrrole nitrogens is 1. The molecular formula is C23H32F2N4O4. The lowest BCUT2D eigenvalue weighted by atomic mass is 9.76. The molecule has 3 N–H and O–H groups in total. The van der Waals surface area contributed by atoms with Crippen LogP contribution in [0.1, 0.15) is 44.7 Å². The average Bonchev–Trinajstić information content (AvgIpc) is 3.30. The van der Waals surface area contributed by atoms with E-state index in [9.17, 15) is 18.4 Å². The molecule has 2 unspecified atom stereocenters. The van der Waals surface area contributed by atoms with E-state index in [0.29, 0.717) is 18.6 Å². The van der Waals surface area contributed by atoms with E-state index in [2.05, 4.69) is 21.0 Å². The van der Waals surface area contributed by atoms with Gasteiger partial charge in [-0.05, 0) is 37.8 Å². The van der Waals surface area contributed by atoms with Crippen molar-refractivity contribution < 1.29 is 27.8 Å². The molecule has 10 heteroatoms. The molecule has 1 aromatic carbocycles. The van der Waals surface area contributed by atoms with Crippen LogP contribution >= 0.6 is 0 Å². The molecule has 0 bridgehead atoms. The van der Waals surface area contributed by atoms with Crippen molar-refractivity contribution in [3.8, 4) is 5.88 Å². The van der Waals surface area contributed by atoms with E-state index in [1.807, 2.05) is 6.07 Å². The fourth-order valence-corrected chi connectivity index (χ4v) is 3.42. The Morgan fingerprint density at radius 3 is 2.64 bits per heavy atom. The largest absolute Gasteiger partial charge is 0.470 e. The van der Waals surface area contributed by atoms with E-state index in [1.165, 1.54) is 19.3 Å². The Morgan fingerprint density at radius 1 is 1.24 bits per heavy atom. The summed E-state index contributed by atoms with van der Waals surface area (Å²) in [5, 5.41) is 6.20. The van der Waals surface area contributed by atoms with E-state index >= 15 is 0 Å². The van der Waals surface area contributed by atoms with Crippen molar-refractivity contribution in [2.24, 2.45) is 5.92 Å². The number of aromatic nitrogens is 2. The average molecular weight is 467 g/mol. The number of hydrazine groups is 1. The molecule has 182 valence electrons. The number of halogens is 2. The molecule has 0 aliphatic carbocycles. The van der Waals surface area contributed by atoms with Crippen LogP contribution in [-0.4, -0.2) is 48.3 Å². The van der Waals surface area contributed by atoms with Crippen LogP contribution in [0.5, 0.6) is 5.88 Å². The summed E-state index contributed by atoms with van der Waals surface area (Å²) in [5.74, 6) is -4.22. The third-order valence-electron chi connectivity index (χ3n) is 5.43. The Labute approximate surface area is 192 Å². The quantitative estimate of drug-likeness (QED) is 0.309. The number of amides is 1. The molecule has 1 heterocycles. The van der Waals surface area contributed by atoms with E-state index in [4.69, 9.17) is 9.47 Å². The highest BCUT2D eigenvalue weighted by atomic mass is 19.3. The van der Waals surface area contributed by atoms with Crippen molar-refractivity contribution in [1.29, 1.82) is 0 Å². The lowest BCUT2D eigenvalue weighted by Crippen LogP contribution is -2.48. The molecule has 8 nitrogen and oxygen atoms in total. The number of alkyl halides is 2. The van der Waals surface area contributed by atoms with Gasteiger partial charge >= 0.3 is 5.97 Å². The smallest absolute Gasteiger partial charge is 0.308 e. The Hall–Kier alpha value is -3.01. The molecule has 1 amide bonds. The second-order valence-corrected chi connectivity index (χ2v) is 8.15. The van der Waals surface area contributed by atoms with Gasteiger partial charge in [0.15, 0.2) is 6.61 Å². The number of hydrogen-bond donors (Lipinski definition) is 3. The third-order valence-corrected chi connectivity index (χ3v) is 5.43. The minimum atomic E-state index is -3.17. The molecule has 0 saturated heterocycles. The standard InChI is InChI=1S/C23H32F2N4O4/c1-5-32-20(30)16(2)13-17-7-6-8-18(14-17)22(3,21(31)29-26-4)10-11-23(24,25)15-33-19-9-12-27-28-19/h6-9,12,14,16,26H,5,10-11,13,15H2,1-4H3,(H,27,28)(H,29,31). The topological polar surface area (TPSA) is 105 Å². The molecule has 0 saturated carbocycles. The molecule has 33 heavy (non-hydrogen) atoms. The van der Waals surface area contributed by atoms with Crippen molar-refractivity contribution in [2.75, 3.05) is 20.3 Å². The summed E-state index contributed by atoms with van der Waals surface area (Å²) in [6.07, 6.45) is 1.18. The lowest BCUT2D eigenvalue weighted by Gasteiger charge is -2.31. The highest BCUT2D eigenvalue weighted by molar-refractivity contribution is 5.87. The van der Waals surface area contributed by atoms with Gasteiger partial charge in [-0.2, -0.15) is 0 Å². The zero-order valence-electron chi connectivity index (χ0n) is 19.4. The molecule has 0 aliphatic rings. The van der Waals surface area contributed by atoms with Crippen LogP contribution in [0.25, 0.3) is 0 Å². The maximum Gasteiger partial charge on any atom is 0.308 e. The van der Waals surface area contributed by atoms with Crippen LogP contribution in [0.4, 0.5) is 8.78 Å². The van der Waals surface area contributed by atoms with Crippen LogP contribution < -0.4 is 15.6 Å². The fraction of sp³-hybridized carbons (Fsp3) is 0.522. The Bertz CT molecular complexity index is 908. The van der Waals surface area contributed by atoms with Gasteiger partial charge in [0.1, 0.15) is 0 Å². The number of benzene rings is 1. The number of nitrogens with one attached hydrogen (secondary N) is 3. The summed E-state index contributed by atoms with van der Waals surface area (Å²) >= 11 is 0. The van der Waals surface area contributed by atoms with Gasteiger partial charge < -0.3 is 9.47 Å². The van der Waals surface area contributed by atoms with E-state index in [0.717, 1.165) is 5.56 Å². The highest BCUT2D eigenvalue weighted by Crippen LogP contribution is 2.35. The first-order valence-electron chi connectivity index (χ1n) is 10.8. The number of esters is 1. The number of hydrogen-bond acceptors (Lipinski definition) is 6. The summed E-state index contributed by atoms with van der Waals surface area (Å²) in [6.45, 7) is 4.57. The van der Waals surface area contributed by atoms with Gasteiger partial charge in [0, 0.05) is 25.7 Å². The van der Waals surface area contributed by atoms with Crippen LogP contribution in [0.2, 0.25) is 0 Å². The van der Waals surface area contributed by atoms with Gasteiger partial charge in [-0.15, -0.1) is 5.10 Å². The number of ether oxygens (including phenoxy) is 2. The minimum Gasteiger partial charge on any atom is -0.470 e. The fourth-order valence-electron chi connectivity index (χ4n) is 3.42. The molecule has 1 aromatic heterocycles. The second-order valence-electron chi connectivity index (χ2n) is 8.15.